The maximum atomic E-state index is 11.2. The molecule has 2 aromatic rings. The van der Waals surface area contributed by atoms with Crippen LogP contribution in [0.2, 0.25) is 0 Å². The maximum Gasteiger partial charge on any atom is 0.356 e. The van der Waals surface area contributed by atoms with Crippen molar-refractivity contribution in [3.63, 3.8) is 0 Å². The van der Waals surface area contributed by atoms with Crippen molar-refractivity contribution in [1.29, 1.82) is 0 Å². The minimum atomic E-state index is -0.426. The fourth-order valence-corrected chi connectivity index (χ4v) is 1.39. The Balaban J connectivity index is 2.35. The number of hydrogen-bond acceptors (Lipinski definition) is 4. The van der Waals surface area contributed by atoms with Crippen LogP contribution in [-0.4, -0.2) is 28.3 Å². The second kappa shape index (κ2) is 4.14. The third-order valence-electron chi connectivity index (χ3n) is 2.18. The van der Waals surface area contributed by atoms with Gasteiger partial charge in [0.05, 0.1) is 12.8 Å². The lowest BCUT2D eigenvalue weighted by molar-refractivity contribution is 0.0594. The maximum absolute atomic E-state index is 11.2. The van der Waals surface area contributed by atoms with Crippen LogP contribution in [-0.2, 0) is 4.74 Å². The van der Waals surface area contributed by atoms with Crippen LogP contribution in [0.4, 0.5) is 0 Å². The van der Waals surface area contributed by atoms with Gasteiger partial charge < -0.3 is 4.74 Å². The summed E-state index contributed by atoms with van der Waals surface area (Å²) in [6, 6.07) is 5.39. The van der Waals surface area contributed by atoms with E-state index in [9.17, 15) is 4.79 Å². The number of aromatic amines is 1. The predicted octanol–water partition coefficient (Wildman–Crippen LogP) is 1.57. The van der Waals surface area contributed by atoms with E-state index in [1.54, 1.807) is 12.3 Å². The summed E-state index contributed by atoms with van der Waals surface area (Å²) in [6.07, 6.45) is 1.71. The molecule has 0 aliphatic rings. The lowest BCUT2D eigenvalue weighted by Gasteiger charge is -1.96. The molecule has 0 atom stereocenters. The molecule has 0 radical (unpaired) electrons. The highest BCUT2D eigenvalue weighted by atomic mass is 16.5. The Labute approximate surface area is 92.5 Å². The minimum Gasteiger partial charge on any atom is -0.464 e. The third-order valence-corrected chi connectivity index (χ3v) is 2.18. The Morgan fingerprint density at radius 1 is 1.44 bits per heavy atom. The number of hydrogen-bond donors (Lipinski definition) is 1. The van der Waals surface area contributed by atoms with Crippen LogP contribution < -0.4 is 0 Å². The molecule has 5 heteroatoms. The van der Waals surface area contributed by atoms with Crippen LogP contribution in [0.3, 0.4) is 0 Å². The fraction of sp³-hybridized carbons (Fsp3) is 0.182. The standard InChI is InChI=1S/C11H11N3O2/c1-7-5-8(3-4-12-7)9-6-10(14-13-9)11(15)16-2/h3-6H,1-2H3,(H,13,14). The molecule has 0 aliphatic carbocycles. The van der Waals surface area contributed by atoms with Crippen LogP contribution in [0.1, 0.15) is 16.2 Å². The van der Waals surface area contributed by atoms with E-state index in [1.807, 2.05) is 19.1 Å². The van der Waals surface area contributed by atoms with Crippen molar-refractivity contribution in [3.05, 3.63) is 35.8 Å². The smallest absolute Gasteiger partial charge is 0.356 e. The fourth-order valence-electron chi connectivity index (χ4n) is 1.39. The Bertz CT molecular complexity index is 519. The molecule has 0 saturated carbocycles. The average Bonchev–Trinajstić information content (AvgIpc) is 2.77. The SMILES string of the molecule is COC(=O)c1cc(-c2ccnc(C)c2)n[nH]1. The highest BCUT2D eigenvalue weighted by Crippen LogP contribution is 2.17. The summed E-state index contributed by atoms with van der Waals surface area (Å²) in [4.78, 5) is 15.3. The van der Waals surface area contributed by atoms with Gasteiger partial charge in [-0.3, -0.25) is 10.1 Å². The molecular weight excluding hydrogens is 206 g/mol. The van der Waals surface area contributed by atoms with E-state index < -0.39 is 5.97 Å². The van der Waals surface area contributed by atoms with Crippen molar-refractivity contribution >= 4 is 5.97 Å². The molecule has 0 fully saturated rings. The van der Waals surface area contributed by atoms with E-state index in [-0.39, 0.29) is 0 Å². The van der Waals surface area contributed by atoms with Crippen molar-refractivity contribution < 1.29 is 9.53 Å². The lowest BCUT2D eigenvalue weighted by atomic mass is 10.1. The number of carbonyl (C=O) groups is 1. The average molecular weight is 217 g/mol. The van der Waals surface area contributed by atoms with Gasteiger partial charge in [0.2, 0.25) is 0 Å². The van der Waals surface area contributed by atoms with E-state index >= 15 is 0 Å². The number of nitrogens with zero attached hydrogens (tertiary/aromatic N) is 2. The second-order valence-electron chi connectivity index (χ2n) is 3.34. The first kappa shape index (κ1) is 10.4. The summed E-state index contributed by atoms with van der Waals surface area (Å²) in [6.45, 7) is 1.90. The van der Waals surface area contributed by atoms with Gasteiger partial charge >= 0.3 is 5.97 Å². The van der Waals surface area contributed by atoms with Crippen LogP contribution in [0.5, 0.6) is 0 Å². The Kier molecular flexibility index (Phi) is 2.68. The van der Waals surface area contributed by atoms with Gasteiger partial charge in [-0.25, -0.2) is 4.79 Å². The Hall–Kier alpha value is -2.17. The topological polar surface area (TPSA) is 67.9 Å². The van der Waals surface area contributed by atoms with E-state index in [1.165, 1.54) is 7.11 Å². The molecule has 0 saturated heterocycles. The largest absolute Gasteiger partial charge is 0.464 e. The number of carbonyl (C=O) groups excluding carboxylic acids is 1. The molecule has 0 amide bonds. The van der Waals surface area contributed by atoms with Gasteiger partial charge in [0.15, 0.2) is 0 Å². The highest BCUT2D eigenvalue weighted by molar-refractivity contribution is 5.88. The molecule has 16 heavy (non-hydrogen) atoms. The molecule has 82 valence electrons. The minimum absolute atomic E-state index is 0.340. The van der Waals surface area contributed by atoms with Crippen LogP contribution >= 0.6 is 0 Å². The molecule has 0 spiro atoms. The number of nitrogens with one attached hydrogen (secondary N) is 1. The van der Waals surface area contributed by atoms with E-state index in [2.05, 4.69) is 19.9 Å². The predicted molar refractivity (Wildman–Crippen MR) is 57.9 cm³/mol. The van der Waals surface area contributed by atoms with E-state index in [4.69, 9.17) is 0 Å². The molecule has 0 aromatic carbocycles. The summed E-state index contributed by atoms with van der Waals surface area (Å²) in [7, 11) is 1.33. The number of ether oxygens (including phenoxy) is 1. The second-order valence-corrected chi connectivity index (χ2v) is 3.34. The molecule has 0 unspecified atom stereocenters. The van der Waals surface area contributed by atoms with Crippen LogP contribution in [0.15, 0.2) is 24.4 Å². The molecule has 2 aromatic heterocycles. The van der Waals surface area contributed by atoms with Gasteiger partial charge in [-0.1, -0.05) is 0 Å². The zero-order valence-electron chi connectivity index (χ0n) is 9.02. The number of rotatable bonds is 2. The van der Waals surface area contributed by atoms with Gasteiger partial charge in [0.1, 0.15) is 5.69 Å². The molecule has 5 nitrogen and oxygen atoms in total. The van der Waals surface area contributed by atoms with Crippen molar-refractivity contribution in [3.8, 4) is 11.3 Å². The number of pyridine rings is 1. The molecule has 1 N–H and O–H groups in total. The molecular formula is C11H11N3O2. The van der Waals surface area contributed by atoms with Gasteiger partial charge in [-0.15, -0.1) is 0 Å². The molecule has 2 heterocycles. The monoisotopic (exact) mass is 217 g/mol. The van der Waals surface area contributed by atoms with Crippen LogP contribution in [0.25, 0.3) is 11.3 Å². The summed E-state index contributed by atoms with van der Waals surface area (Å²) in [5.74, 6) is -0.426. The Morgan fingerprint density at radius 3 is 2.94 bits per heavy atom. The number of esters is 1. The van der Waals surface area contributed by atoms with Gasteiger partial charge in [-0.05, 0) is 25.1 Å². The number of aromatic nitrogens is 3. The van der Waals surface area contributed by atoms with Crippen molar-refractivity contribution in [2.24, 2.45) is 0 Å². The number of methoxy groups -OCH3 is 1. The molecule has 2 rings (SSSR count). The van der Waals surface area contributed by atoms with Gasteiger partial charge in [0, 0.05) is 17.5 Å². The summed E-state index contributed by atoms with van der Waals surface area (Å²) >= 11 is 0. The number of H-pyrrole nitrogens is 1. The molecule has 0 bridgehead atoms. The van der Waals surface area contributed by atoms with Crippen molar-refractivity contribution in [2.45, 2.75) is 6.92 Å². The summed E-state index contributed by atoms with van der Waals surface area (Å²) in [5.41, 5.74) is 2.86. The summed E-state index contributed by atoms with van der Waals surface area (Å²) in [5, 5.41) is 6.67. The van der Waals surface area contributed by atoms with Gasteiger partial charge in [0.25, 0.3) is 0 Å². The summed E-state index contributed by atoms with van der Waals surface area (Å²) < 4.78 is 4.59. The lowest BCUT2D eigenvalue weighted by Crippen LogP contribution is -2.00. The van der Waals surface area contributed by atoms with Crippen LogP contribution in [0, 0.1) is 6.92 Å². The first-order valence-corrected chi connectivity index (χ1v) is 4.77. The van der Waals surface area contributed by atoms with E-state index in [0.717, 1.165) is 11.3 Å². The zero-order chi connectivity index (χ0) is 11.5. The zero-order valence-corrected chi connectivity index (χ0v) is 9.02. The van der Waals surface area contributed by atoms with E-state index in [0.29, 0.717) is 11.4 Å². The first-order chi connectivity index (χ1) is 7.70. The third kappa shape index (κ3) is 1.93. The van der Waals surface area contributed by atoms with Gasteiger partial charge in [-0.2, -0.15) is 5.10 Å². The van der Waals surface area contributed by atoms with Crippen molar-refractivity contribution in [1.82, 2.24) is 15.2 Å². The van der Waals surface area contributed by atoms with Crippen molar-refractivity contribution in [2.75, 3.05) is 7.11 Å². The highest BCUT2D eigenvalue weighted by Gasteiger charge is 2.10. The molecule has 0 aliphatic heterocycles. The quantitative estimate of drug-likeness (QED) is 0.775. The first-order valence-electron chi connectivity index (χ1n) is 4.77. The number of aryl methyl sites for hydroxylation is 1. The Morgan fingerprint density at radius 2 is 2.25 bits per heavy atom. The normalized spacial score (nSPS) is 10.1.